The minimum absolute atomic E-state index is 0.0281. The molecule has 1 aliphatic rings. The van der Waals surface area contributed by atoms with E-state index in [4.69, 9.17) is 18.9 Å². The number of amides is 1. The predicted molar refractivity (Wildman–Crippen MR) is 128 cm³/mol. The van der Waals surface area contributed by atoms with Crippen molar-refractivity contribution < 1.29 is 48.4 Å². The molecule has 0 bridgehead atoms. The van der Waals surface area contributed by atoms with Crippen LogP contribution in [0.5, 0.6) is 11.5 Å². The molecule has 14 nitrogen and oxygen atoms in total. The van der Waals surface area contributed by atoms with Gasteiger partial charge in [-0.2, -0.15) is 0 Å². The van der Waals surface area contributed by atoms with Crippen LogP contribution >= 0.6 is 0 Å². The third kappa shape index (κ3) is 8.23. The van der Waals surface area contributed by atoms with Crippen LogP contribution in [0.25, 0.3) is 0 Å². The molecule has 1 amide bonds. The maximum atomic E-state index is 12.5. The normalized spacial score (nSPS) is 23.2. The van der Waals surface area contributed by atoms with E-state index < -0.39 is 41.4 Å². The quantitative estimate of drug-likeness (QED) is 0.106. The van der Waals surface area contributed by atoms with E-state index in [-0.39, 0.29) is 67.8 Å². The highest BCUT2D eigenvalue weighted by Crippen LogP contribution is 2.35. The number of carbonyl (C=O) groups excluding carboxylic acids is 2. The molecule has 0 aliphatic carbocycles. The third-order valence-corrected chi connectivity index (χ3v) is 5.93. The molecule has 14 heteroatoms. The standard InChI is InChI=1S/C23H35N3O11/c1-13-21(22(30)23(35-4)18(12-27)37-13)25-19(28)6-5-7-36-17-9-15(26(31)32)14(8-16(17)33-2)10-24-11-20(29)34-3/h8-9,13,18,21-24,27,30H,5-7,10-12H2,1-4H3,(H,25,28). The lowest BCUT2D eigenvalue weighted by Crippen LogP contribution is -2.63. The van der Waals surface area contributed by atoms with E-state index in [0.717, 1.165) is 0 Å². The fourth-order valence-electron chi connectivity index (χ4n) is 4.00. The van der Waals surface area contributed by atoms with Crippen molar-refractivity contribution >= 4 is 17.6 Å². The summed E-state index contributed by atoms with van der Waals surface area (Å²) in [7, 11) is 4.01. The average Bonchev–Trinajstić information content (AvgIpc) is 2.88. The Labute approximate surface area is 214 Å². The second-order valence-electron chi connectivity index (χ2n) is 8.37. The zero-order chi connectivity index (χ0) is 27.5. The van der Waals surface area contributed by atoms with Crippen LogP contribution in [-0.2, 0) is 30.3 Å². The van der Waals surface area contributed by atoms with Gasteiger partial charge in [0.15, 0.2) is 11.5 Å². The van der Waals surface area contributed by atoms with Crippen LogP contribution in [0.1, 0.15) is 25.3 Å². The fraction of sp³-hybridized carbons (Fsp3) is 0.652. The van der Waals surface area contributed by atoms with Crippen LogP contribution in [0.4, 0.5) is 5.69 Å². The van der Waals surface area contributed by atoms with E-state index in [1.54, 1.807) is 6.92 Å². The first-order valence-electron chi connectivity index (χ1n) is 11.7. The van der Waals surface area contributed by atoms with Crippen LogP contribution in [0.2, 0.25) is 0 Å². The number of rotatable bonds is 14. The summed E-state index contributed by atoms with van der Waals surface area (Å²) in [6.07, 6.45) is -2.80. The maximum Gasteiger partial charge on any atom is 0.319 e. The van der Waals surface area contributed by atoms with Crippen molar-refractivity contribution in [2.75, 3.05) is 41.1 Å². The van der Waals surface area contributed by atoms with E-state index in [9.17, 15) is 29.9 Å². The number of nitro groups is 1. The van der Waals surface area contributed by atoms with Gasteiger partial charge in [0.05, 0.1) is 57.1 Å². The van der Waals surface area contributed by atoms with E-state index in [1.165, 1.54) is 33.5 Å². The topological polar surface area (TPSA) is 188 Å². The number of aliphatic hydroxyl groups excluding tert-OH is 2. The summed E-state index contributed by atoms with van der Waals surface area (Å²) in [5.41, 5.74) is 0.0673. The van der Waals surface area contributed by atoms with Gasteiger partial charge in [-0.25, -0.2) is 0 Å². The summed E-state index contributed by atoms with van der Waals surface area (Å²) in [4.78, 5) is 34.7. The number of benzene rings is 1. The molecule has 5 unspecified atom stereocenters. The second-order valence-corrected chi connectivity index (χ2v) is 8.37. The minimum Gasteiger partial charge on any atom is -0.493 e. The molecule has 1 aromatic carbocycles. The summed E-state index contributed by atoms with van der Waals surface area (Å²) in [6, 6.07) is 1.94. The van der Waals surface area contributed by atoms with Crippen molar-refractivity contribution in [2.45, 2.75) is 56.8 Å². The highest BCUT2D eigenvalue weighted by atomic mass is 16.6. The molecule has 37 heavy (non-hydrogen) atoms. The smallest absolute Gasteiger partial charge is 0.319 e. The van der Waals surface area contributed by atoms with Crippen LogP contribution in [0.15, 0.2) is 12.1 Å². The maximum absolute atomic E-state index is 12.5. The summed E-state index contributed by atoms with van der Waals surface area (Å²) >= 11 is 0. The monoisotopic (exact) mass is 529 g/mol. The molecule has 0 radical (unpaired) electrons. The average molecular weight is 530 g/mol. The number of nitrogens with one attached hydrogen (secondary N) is 2. The zero-order valence-corrected chi connectivity index (χ0v) is 21.3. The molecule has 0 saturated carbocycles. The van der Waals surface area contributed by atoms with E-state index >= 15 is 0 Å². The minimum atomic E-state index is -1.07. The van der Waals surface area contributed by atoms with E-state index in [0.29, 0.717) is 0 Å². The number of methoxy groups -OCH3 is 3. The molecule has 208 valence electrons. The zero-order valence-electron chi connectivity index (χ0n) is 21.3. The fourth-order valence-corrected chi connectivity index (χ4v) is 4.00. The lowest BCUT2D eigenvalue weighted by molar-refractivity contribution is -0.385. The number of nitro benzene ring substituents is 1. The Balaban J connectivity index is 1.94. The lowest BCUT2D eigenvalue weighted by Gasteiger charge is -2.42. The Kier molecular flexibility index (Phi) is 11.9. The Morgan fingerprint density at radius 1 is 1.22 bits per heavy atom. The molecule has 1 heterocycles. The molecular formula is C23H35N3O11. The van der Waals surface area contributed by atoms with Crippen molar-refractivity contribution in [3.63, 3.8) is 0 Å². The van der Waals surface area contributed by atoms with Crippen molar-refractivity contribution in [3.05, 3.63) is 27.8 Å². The Bertz CT molecular complexity index is 929. The van der Waals surface area contributed by atoms with Crippen molar-refractivity contribution in [1.29, 1.82) is 0 Å². The molecule has 1 fully saturated rings. The highest BCUT2D eigenvalue weighted by molar-refractivity contribution is 5.76. The first-order valence-corrected chi connectivity index (χ1v) is 11.7. The number of nitrogens with zero attached hydrogens (tertiary/aromatic N) is 1. The predicted octanol–water partition coefficient (Wildman–Crippen LogP) is -0.335. The summed E-state index contributed by atoms with van der Waals surface area (Å²) < 4.78 is 26.3. The highest BCUT2D eigenvalue weighted by Gasteiger charge is 2.44. The molecule has 0 aromatic heterocycles. The van der Waals surface area contributed by atoms with Gasteiger partial charge in [-0.1, -0.05) is 0 Å². The number of aliphatic hydroxyl groups is 2. The summed E-state index contributed by atoms with van der Waals surface area (Å²) in [6.45, 7) is 1.32. The van der Waals surface area contributed by atoms with Crippen molar-refractivity contribution in [3.8, 4) is 11.5 Å². The first-order chi connectivity index (χ1) is 17.7. The molecule has 1 aromatic rings. The lowest BCUT2D eigenvalue weighted by atomic mass is 9.93. The van der Waals surface area contributed by atoms with E-state index in [1.807, 2.05) is 0 Å². The summed E-state index contributed by atoms with van der Waals surface area (Å²) in [5.74, 6) is -0.476. The molecule has 5 atom stereocenters. The van der Waals surface area contributed by atoms with E-state index in [2.05, 4.69) is 15.4 Å². The largest absolute Gasteiger partial charge is 0.493 e. The third-order valence-electron chi connectivity index (χ3n) is 5.93. The van der Waals surface area contributed by atoms with Gasteiger partial charge in [0, 0.05) is 25.6 Å². The molecule has 4 N–H and O–H groups in total. The number of esters is 1. The van der Waals surface area contributed by atoms with Gasteiger partial charge >= 0.3 is 5.97 Å². The van der Waals surface area contributed by atoms with Crippen LogP contribution in [0, 0.1) is 10.1 Å². The van der Waals surface area contributed by atoms with Crippen molar-refractivity contribution in [1.82, 2.24) is 10.6 Å². The van der Waals surface area contributed by atoms with Gasteiger partial charge in [-0.3, -0.25) is 19.7 Å². The van der Waals surface area contributed by atoms with Gasteiger partial charge in [-0.15, -0.1) is 0 Å². The summed E-state index contributed by atoms with van der Waals surface area (Å²) in [5, 5.41) is 37.0. The van der Waals surface area contributed by atoms with Crippen LogP contribution < -0.4 is 20.1 Å². The Morgan fingerprint density at radius 3 is 2.54 bits per heavy atom. The number of hydrogen-bond acceptors (Lipinski definition) is 12. The molecule has 1 saturated heterocycles. The van der Waals surface area contributed by atoms with Crippen molar-refractivity contribution in [2.24, 2.45) is 0 Å². The molecule has 2 rings (SSSR count). The van der Waals surface area contributed by atoms with Gasteiger partial charge in [0.2, 0.25) is 5.91 Å². The van der Waals surface area contributed by atoms with Gasteiger partial charge in [0.1, 0.15) is 18.3 Å². The van der Waals surface area contributed by atoms with Crippen LogP contribution in [0.3, 0.4) is 0 Å². The molecule has 0 spiro atoms. The van der Waals surface area contributed by atoms with Gasteiger partial charge in [-0.05, 0) is 19.4 Å². The second kappa shape index (κ2) is 14.6. The van der Waals surface area contributed by atoms with Crippen LogP contribution in [-0.4, -0.2) is 98.6 Å². The van der Waals surface area contributed by atoms with Gasteiger partial charge in [0.25, 0.3) is 5.69 Å². The SMILES string of the molecule is COC(=O)CNCc1cc(OC)c(OCCCC(=O)NC2C(C)OC(CO)C(OC)C2O)cc1[N+](=O)[O-]. The molecule has 1 aliphatic heterocycles. The Morgan fingerprint density at radius 2 is 1.95 bits per heavy atom. The Hall–Kier alpha value is -3.04. The number of ether oxygens (including phenoxy) is 5. The van der Waals surface area contributed by atoms with Gasteiger partial charge < -0.3 is 44.5 Å². The molecular weight excluding hydrogens is 494 g/mol. The number of hydrogen-bond donors (Lipinski definition) is 4. The number of carbonyl (C=O) groups is 2. The first kappa shape index (κ1) is 30.2.